The third-order valence-electron chi connectivity index (χ3n) is 4.06. The van der Waals surface area contributed by atoms with Crippen LogP contribution >= 0.6 is 11.3 Å². The van der Waals surface area contributed by atoms with Crippen molar-refractivity contribution in [3.63, 3.8) is 0 Å². The molecule has 0 atom stereocenters. The summed E-state index contributed by atoms with van der Waals surface area (Å²) >= 11 is 1.79. The Morgan fingerprint density at radius 2 is 2.09 bits per heavy atom. The van der Waals surface area contributed by atoms with Crippen LogP contribution < -0.4 is 10.9 Å². The van der Waals surface area contributed by atoms with E-state index < -0.39 is 0 Å². The number of nitrogens with two attached hydrogens (primary N) is 1. The van der Waals surface area contributed by atoms with Gasteiger partial charge in [0.05, 0.1) is 6.54 Å². The quantitative estimate of drug-likeness (QED) is 0.581. The number of hydrogen-bond acceptors (Lipinski definition) is 3. The zero-order valence-electron chi connectivity index (χ0n) is 12.9. The first-order valence-corrected chi connectivity index (χ1v) is 8.40. The van der Waals surface area contributed by atoms with Crippen LogP contribution in [0.25, 0.3) is 11.0 Å². The molecule has 0 bridgehead atoms. The Labute approximate surface area is 133 Å². The normalized spacial score (nSPS) is 11.2. The number of hydrogen-bond donors (Lipinski definition) is 1. The molecule has 0 spiro atoms. The van der Waals surface area contributed by atoms with E-state index in [1.165, 1.54) is 4.88 Å². The number of thiophene rings is 1. The maximum absolute atomic E-state index is 11.8. The van der Waals surface area contributed by atoms with Crippen LogP contribution in [-0.2, 0) is 13.0 Å². The average Bonchev–Trinajstić information content (AvgIpc) is 3.01. The van der Waals surface area contributed by atoms with Crippen molar-refractivity contribution >= 4 is 22.3 Å². The van der Waals surface area contributed by atoms with Crippen molar-refractivity contribution in [2.75, 3.05) is 6.54 Å². The molecule has 0 aliphatic heterocycles. The van der Waals surface area contributed by atoms with Crippen molar-refractivity contribution in [2.24, 2.45) is 0 Å². The SMILES string of the molecule is Cc1ccc2c(C[NH2+]CCc3cccs3)cc(=O)oc2c1C. The Kier molecular flexibility index (Phi) is 4.41. The van der Waals surface area contributed by atoms with E-state index in [0.29, 0.717) is 0 Å². The largest absolute Gasteiger partial charge is 0.422 e. The standard InChI is InChI=1S/C18H19NO2S/c1-12-5-6-16-14(10-17(20)21-18(16)13(12)2)11-19-8-7-15-4-3-9-22-15/h3-6,9-10,19H,7-8,11H2,1-2H3/p+1. The Balaban J connectivity index is 1.78. The minimum atomic E-state index is -0.261. The van der Waals surface area contributed by atoms with Gasteiger partial charge in [0.15, 0.2) is 0 Å². The van der Waals surface area contributed by atoms with Crippen molar-refractivity contribution in [2.45, 2.75) is 26.8 Å². The molecule has 2 aromatic heterocycles. The topological polar surface area (TPSA) is 46.8 Å². The van der Waals surface area contributed by atoms with Gasteiger partial charge in [-0.15, -0.1) is 11.3 Å². The van der Waals surface area contributed by atoms with Gasteiger partial charge in [0.1, 0.15) is 12.1 Å². The lowest BCUT2D eigenvalue weighted by atomic mass is 10.0. The van der Waals surface area contributed by atoms with Crippen molar-refractivity contribution < 1.29 is 9.73 Å². The molecule has 0 saturated carbocycles. The highest BCUT2D eigenvalue weighted by Crippen LogP contribution is 2.22. The van der Waals surface area contributed by atoms with E-state index in [1.807, 2.05) is 13.8 Å². The summed E-state index contributed by atoms with van der Waals surface area (Å²) in [6.45, 7) is 5.86. The van der Waals surface area contributed by atoms with Crippen LogP contribution in [0.4, 0.5) is 0 Å². The molecule has 0 amide bonds. The average molecular weight is 314 g/mol. The van der Waals surface area contributed by atoms with Gasteiger partial charge in [-0.3, -0.25) is 0 Å². The smallest absolute Gasteiger partial charge is 0.336 e. The molecular weight excluding hydrogens is 294 g/mol. The molecule has 3 nitrogen and oxygen atoms in total. The third kappa shape index (κ3) is 3.13. The van der Waals surface area contributed by atoms with Crippen LogP contribution in [0.2, 0.25) is 0 Å². The number of benzene rings is 1. The summed E-state index contributed by atoms with van der Waals surface area (Å²) in [5, 5.41) is 5.41. The summed E-state index contributed by atoms with van der Waals surface area (Å²) in [6.07, 6.45) is 1.06. The number of rotatable bonds is 5. The predicted octanol–water partition coefficient (Wildman–Crippen LogP) is 2.78. The predicted molar refractivity (Wildman–Crippen MR) is 90.5 cm³/mol. The summed E-state index contributed by atoms with van der Waals surface area (Å²) in [5.74, 6) is 0. The van der Waals surface area contributed by atoms with Crippen molar-refractivity contribution in [3.05, 3.63) is 67.7 Å². The van der Waals surface area contributed by atoms with Crippen LogP contribution in [0.3, 0.4) is 0 Å². The monoisotopic (exact) mass is 314 g/mol. The van der Waals surface area contributed by atoms with Gasteiger partial charge in [0.25, 0.3) is 0 Å². The van der Waals surface area contributed by atoms with Crippen LogP contribution in [0.5, 0.6) is 0 Å². The molecule has 0 fully saturated rings. The molecule has 0 radical (unpaired) electrons. The second kappa shape index (κ2) is 6.46. The highest BCUT2D eigenvalue weighted by molar-refractivity contribution is 7.09. The highest BCUT2D eigenvalue weighted by atomic mass is 32.1. The zero-order chi connectivity index (χ0) is 15.5. The molecule has 0 saturated heterocycles. The van der Waals surface area contributed by atoms with E-state index in [4.69, 9.17) is 4.42 Å². The Bertz CT molecular complexity index is 834. The van der Waals surface area contributed by atoms with Gasteiger partial charge in [0, 0.05) is 28.3 Å². The minimum Gasteiger partial charge on any atom is -0.422 e. The van der Waals surface area contributed by atoms with E-state index in [1.54, 1.807) is 17.4 Å². The van der Waals surface area contributed by atoms with Gasteiger partial charge in [-0.25, -0.2) is 4.79 Å². The first kappa shape index (κ1) is 15.0. The van der Waals surface area contributed by atoms with E-state index in [0.717, 1.165) is 47.2 Å². The lowest BCUT2D eigenvalue weighted by molar-refractivity contribution is -0.669. The maximum Gasteiger partial charge on any atom is 0.336 e. The molecule has 22 heavy (non-hydrogen) atoms. The molecule has 1 aromatic carbocycles. The fourth-order valence-corrected chi connectivity index (χ4v) is 3.37. The van der Waals surface area contributed by atoms with E-state index >= 15 is 0 Å². The van der Waals surface area contributed by atoms with Gasteiger partial charge in [-0.05, 0) is 36.4 Å². The van der Waals surface area contributed by atoms with Crippen molar-refractivity contribution in [1.82, 2.24) is 0 Å². The summed E-state index contributed by atoms with van der Waals surface area (Å²) in [4.78, 5) is 13.2. The van der Waals surface area contributed by atoms with Gasteiger partial charge >= 0.3 is 5.63 Å². The molecule has 0 unspecified atom stereocenters. The van der Waals surface area contributed by atoms with E-state index in [9.17, 15) is 4.79 Å². The van der Waals surface area contributed by atoms with Gasteiger partial charge in [-0.2, -0.15) is 0 Å². The maximum atomic E-state index is 11.8. The fraction of sp³-hybridized carbons (Fsp3) is 0.278. The summed E-state index contributed by atoms with van der Waals surface area (Å²) < 4.78 is 5.41. The zero-order valence-corrected chi connectivity index (χ0v) is 13.7. The number of quaternary nitrogens is 1. The van der Waals surface area contributed by atoms with Gasteiger partial charge < -0.3 is 9.73 Å². The molecule has 0 aliphatic rings. The Morgan fingerprint density at radius 1 is 1.23 bits per heavy atom. The van der Waals surface area contributed by atoms with E-state index in [2.05, 4.69) is 35.0 Å². The lowest BCUT2D eigenvalue weighted by Crippen LogP contribution is -2.83. The Morgan fingerprint density at radius 3 is 2.86 bits per heavy atom. The van der Waals surface area contributed by atoms with Crippen LogP contribution in [-0.4, -0.2) is 6.54 Å². The summed E-state index contributed by atoms with van der Waals surface area (Å²) in [5.41, 5.74) is 3.72. The third-order valence-corrected chi connectivity index (χ3v) is 4.99. The van der Waals surface area contributed by atoms with Crippen LogP contribution in [0.1, 0.15) is 21.6 Å². The second-order valence-electron chi connectivity index (χ2n) is 5.59. The number of fused-ring (bicyclic) bond motifs is 1. The van der Waals surface area contributed by atoms with Crippen LogP contribution in [0, 0.1) is 13.8 Å². The summed E-state index contributed by atoms with van der Waals surface area (Å²) in [6, 6.07) is 10.0. The van der Waals surface area contributed by atoms with E-state index in [-0.39, 0.29) is 5.63 Å². The van der Waals surface area contributed by atoms with Crippen LogP contribution in [0.15, 0.2) is 44.9 Å². The molecule has 4 heteroatoms. The molecule has 114 valence electrons. The molecular formula is C18H20NO2S+. The Hall–Kier alpha value is -1.91. The highest BCUT2D eigenvalue weighted by Gasteiger charge is 2.10. The molecule has 0 aliphatic carbocycles. The molecule has 3 rings (SSSR count). The van der Waals surface area contributed by atoms with Crippen molar-refractivity contribution in [1.29, 1.82) is 0 Å². The first-order chi connectivity index (χ1) is 10.6. The second-order valence-corrected chi connectivity index (χ2v) is 6.62. The molecule has 3 aromatic rings. The van der Waals surface area contributed by atoms with Gasteiger partial charge in [-0.1, -0.05) is 18.2 Å². The summed E-state index contributed by atoms with van der Waals surface area (Å²) in [7, 11) is 0. The molecule has 2 heterocycles. The molecule has 2 N–H and O–H groups in total. The lowest BCUT2D eigenvalue weighted by Gasteiger charge is -2.08. The first-order valence-electron chi connectivity index (χ1n) is 7.52. The minimum absolute atomic E-state index is 0.261. The number of aryl methyl sites for hydroxylation is 2. The fourth-order valence-electron chi connectivity index (χ4n) is 2.65. The van der Waals surface area contributed by atoms with Crippen molar-refractivity contribution in [3.8, 4) is 0 Å². The van der Waals surface area contributed by atoms with Gasteiger partial charge in [0.2, 0.25) is 0 Å².